The predicted molar refractivity (Wildman–Crippen MR) is 89.0 cm³/mol. The summed E-state index contributed by atoms with van der Waals surface area (Å²) < 4.78 is 5.40. The number of likely N-dealkylation sites (tertiary alicyclic amines) is 1. The van der Waals surface area contributed by atoms with Gasteiger partial charge in [-0.05, 0) is 70.8 Å². The van der Waals surface area contributed by atoms with E-state index in [0.717, 1.165) is 18.7 Å². The van der Waals surface area contributed by atoms with E-state index < -0.39 is 0 Å². The van der Waals surface area contributed by atoms with Crippen molar-refractivity contribution < 1.29 is 4.74 Å². The average molecular weight is 290 g/mol. The molecule has 0 aliphatic carbocycles. The van der Waals surface area contributed by atoms with Crippen molar-refractivity contribution in [1.82, 2.24) is 10.2 Å². The molecule has 0 saturated carbocycles. The minimum absolute atomic E-state index is 0.691. The van der Waals surface area contributed by atoms with Crippen molar-refractivity contribution in [3.63, 3.8) is 0 Å². The second-order valence-corrected chi connectivity index (χ2v) is 6.27. The number of nitrogens with zero attached hydrogens (tertiary/aromatic N) is 1. The summed E-state index contributed by atoms with van der Waals surface area (Å²) in [6.07, 6.45) is 4.83. The highest BCUT2D eigenvalue weighted by molar-refractivity contribution is 5.33. The summed E-state index contributed by atoms with van der Waals surface area (Å²) in [6.45, 7) is 8.16. The summed E-state index contributed by atoms with van der Waals surface area (Å²) in [6, 6.07) is 9.73. The molecule has 3 nitrogen and oxygen atoms in total. The molecule has 1 heterocycles. The molecular formula is C18H30N2O. The van der Waals surface area contributed by atoms with Crippen LogP contribution in [0.1, 0.15) is 38.7 Å². The number of aryl methyl sites for hydroxylation is 1. The van der Waals surface area contributed by atoms with Crippen LogP contribution >= 0.6 is 0 Å². The first kappa shape index (κ1) is 16.3. The lowest BCUT2D eigenvalue weighted by molar-refractivity contribution is 0.161. The molecule has 0 radical (unpaired) electrons. The lowest BCUT2D eigenvalue weighted by Crippen LogP contribution is -2.45. The van der Waals surface area contributed by atoms with Gasteiger partial charge in [-0.3, -0.25) is 0 Å². The molecule has 0 unspecified atom stereocenters. The third-order valence-electron chi connectivity index (χ3n) is 4.51. The molecule has 0 bridgehead atoms. The number of nitrogens with one attached hydrogen (secondary N) is 1. The molecule has 1 aliphatic heterocycles. The van der Waals surface area contributed by atoms with Crippen LogP contribution in [0, 0.1) is 0 Å². The lowest BCUT2D eigenvalue weighted by atomic mass is 10.0. The van der Waals surface area contributed by atoms with Crippen LogP contribution in [0.5, 0.6) is 5.75 Å². The topological polar surface area (TPSA) is 24.5 Å². The maximum atomic E-state index is 5.40. The van der Waals surface area contributed by atoms with Gasteiger partial charge in [0.25, 0.3) is 0 Å². The van der Waals surface area contributed by atoms with Gasteiger partial charge in [-0.15, -0.1) is 0 Å². The van der Waals surface area contributed by atoms with E-state index in [-0.39, 0.29) is 0 Å². The Bertz CT molecular complexity index is 411. The second kappa shape index (κ2) is 8.40. The number of hydrogen-bond donors (Lipinski definition) is 1. The monoisotopic (exact) mass is 290 g/mol. The SMILES string of the molecule is COc1ccccc1CCCNC1CCN(C(C)C)CC1. The number of methoxy groups -OCH3 is 1. The summed E-state index contributed by atoms with van der Waals surface area (Å²) >= 11 is 0. The van der Waals surface area contributed by atoms with Crippen LogP contribution < -0.4 is 10.1 Å². The molecular weight excluding hydrogens is 260 g/mol. The van der Waals surface area contributed by atoms with E-state index in [2.05, 4.69) is 36.2 Å². The number of piperidine rings is 1. The maximum Gasteiger partial charge on any atom is 0.122 e. The van der Waals surface area contributed by atoms with Gasteiger partial charge in [0.2, 0.25) is 0 Å². The third-order valence-corrected chi connectivity index (χ3v) is 4.51. The molecule has 2 rings (SSSR count). The van der Waals surface area contributed by atoms with Crippen LogP contribution in [-0.4, -0.2) is 43.7 Å². The predicted octanol–water partition coefficient (Wildman–Crippen LogP) is 3.09. The van der Waals surface area contributed by atoms with Gasteiger partial charge in [-0.25, -0.2) is 0 Å². The standard InChI is InChI=1S/C18H30N2O/c1-15(2)20-13-10-17(11-14-20)19-12-6-8-16-7-4-5-9-18(16)21-3/h4-5,7,9,15,17,19H,6,8,10-14H2,1-3H3. The zero-order valence-electron chi connectivity index (χ0n) is 13.8. The van der Waals surface area contributed by atoms with E-state index >= 15 is 0 Å². The smallest absolute Gasteiger partial charge is 0.122 e. The third kappa shape index (κ3) is 5.01. The Morgan fingerprint density at radius 2 is 1.95 bits per heavy atom. The molecule has 1 N–H and O–H groups in total. The van der Waals surface area contributed by atoms with Crippen molar-refractivity contribution in [3.8, 4) is 5.75 Å². The quantitative estimate of drug-likeness (QED) is 0.781. The normalized spacial score (nSPS) is 17.3. The van der Waals surface area contributed by atoms with Gasteiger partial charge in [-0.1, -0.05) is 18.2 Å². The summed E-state index contributed by atoms with van der Waals surface area (Å²) in [5.74, 6) is 1.02. The van der Waals surface area contributed by atoms with E-state index in [4.69, 9.17) is 4.74 Å². The van der Waals surface area contributed by atoms with Gasteiger partial charge in [-0.2, -0.15) is 0 Å². The van der Waals surface area contributed by atoms with Crippen LogP contribution in [0.2, 0.25) is 0 Å². The summed E-state index contributed by atoms with van der Waals surface area (Å²) in [5, 5.41) is 3.72. The maximum absolute atomic E-state index is 5.40. The van der Waals surface area contributed by atoms with E-state index in [1.807, 2.05) is 12.1 Å². The highest BCUT2D eigenvalue weighted by atomic mass is 16.5. The van der Waals surface area contributed by atoms with Gasteiger partial charge in [0.05, 0.1) is 7.11 Å². The van der Waals surface area contributed by atoms with Gasteiger partial charge < -0.3 is 15.0 Å². The highest BCUT2D eigenvalue weighted by Gasteiger charge is 2.19. The van der Waals surface area contributed by atoms with Gasteiger partial charge in [0.1, 0.15) is 5.75 Å². The summed E-state index contributed by atoms with van der Waals surface area (Å²) in [5.41, 5.74) is 1.32. The van der Waals surface area contributed by atoms with Crippen molar-refractivity contribution in [2.24, 2.45) is 0 Å². The van der Waals surface area contributed by atoms with E-state index in [1.165, 1.54) is 37.9 Å². The molecule has 0 aromatic heterocycles. The largest absolute Gasteiger partial charge is 0.496 e. The van der Waals surface area contributed by atoms with Crippen LogP contribution in [0.3, 0.4) is 0 Å². The van der Waals surface area contributed by atoms with Gasteiger partial charge in [0, 0.05) is 12.1 Å². The van der Waals surface area contributed by atoms with Crippen molar-refractivity contribution >= 4 is 0 Å². The first-order valence-electron chi connectivity index (χ1n) is 8.30. The average Bonchev–Trinajstić information content (AvgIpc) is 2.52. The number of rotatable bonds is 7. The number of ether oxygens (including phenoxy) is 1. The van der Waals surface area contributed by atoms with E-state index in [1.54, 1.807) is 7.11 Å². The number of para-hydroxylation sites is 1. The molecule has 1 saturated heterocycles. The molecule has 1 aromatic carbocycles. The van der Waals surface area contributed by atoms with Crippen LogP contribution in [0.4, 0.5) is 0 Å². The summed E-state index contributed by atoms with van der Waals surface area (Å²) in [7, 11) is 1.75. The molecule has 1 aliphatic rings. The molecule has 0 amide bonds. The molecule has 1 fully saturated rings. The zero-order chi connectivity index (χ0) is 15.1. The molecule has 118 valence electrons. The van der Waals surface area contributed by atoms with Crippen molar-refractivity contribution in [2.75, 3.05) is 26.7 Å². The van der Waals surface area contributed by atoms with Crippen molar-refractivity contribution in [3.05, 3.63) is 29.8 Å². The van der Waals surface area contributed by atoms with Crippen molar-refractivity contribution in [2.45, 2.75) is 51.6 Å². The molecule has 3 heteroatoms. The highest BCUT2D eigenvalue weighted by Crippen LogP contribution is 2.19. The Kier molecular flexibility index (Phi) is 6.52. The Labute approximate surface area is 129 Å². The number of benzene rings is 1. The van der Waals surface area contributed by atoms with E-state index in [0.29, 0.717) is 12.1 Å². The molecule has 1 aromatic rings. The molecule has 0 spiro atoms. The Morgan fingerprint density at radius 3 is 2.62 bits per heavy atom. The first-order valence-corrected chi connectivity index (χ1v) is 8.30. The zero-order valence-corrected chi connectivity index (χ0v) is 13.8. The lowest BCUT2D eigenvalue weighted by Gasteiger charge is -2.35. The fraction of sp³-hybridized carbons (Fsp3) is 0.667. The fourth-order valence-electron chi connectivity index (χ4n) is 3.11. The Morgan fingerprint density at radius 1 is 1.24 bits per heavy atom. The van der Waals surface area contributed by atoms with E-state index in [9.17, 15) is 0 Å². The fourth-order valence-corrected chi connectivity index (χ4v) is 3.11. The second-order valence-electron chi connectivity index (χ2n) is 6.27. The Hall–Kier alpha value is -1.06. The van der Waals surface area contributed by atoms with Crippen LogP contribution in [0.15, 0.2) is 24.3 Å². The van der Waals surface area contributed by atoms with Gasteiger partial charge >= 0.3 is 0 Å². The first-order chi connectivity index (χ1) is 10.2. The van der Waals surface area contributed by atoms with Crippen molar-refractivity contribution in [1.29, 1.82) is 0 Å². The van der Waals surface area contributed by atoms with Crippen LogP contribution in [-0.2, 0) is 6.42 Å². The Balaban J connectivity index is 1.64. The minimum atomic E-state index is 0.691. The van der Waals surface area contributed by atoms with Crippen LogP contribution in [0.25, 0.3) is 0 Å². The summed E-state index contributed by atoms with van der Waals surface area (Å²) in [4.78, 5) is 2.58. The minimum Gasteiger partial charge on any atom is -0.496 e. The van der Waals surface area contributed by atoms with Gasteiger partial charge in [0.15, 0.2) is 0 Å². The molecule has 21 heavy (non-hydrogen) atoms. The number of hydrogen-bond acceptors (Lipinski definition) is 3. The molecule has 0 atom stereocenters.